The van der Waals surface area contributed by atoms with E-state index in [1.165, 1.54) is 12.1 Å². The molecule has 3 rings (SSSR count). The number of rotatable bonds is 5. The van der Waals surface area contributed by atoms with Crippen molar-refractivity contribution in [2.45, 2.75) is 0 Å². The van der Waals surface area contributed by atoms with E-state index in [9.17, 15) is 13.2 Å². The molecule has 0 aromatic heterocycles. The summed E-state index contributed by atoms with van der Waals surface area (Å²) < 4.78 is 27.0. The molecule has 2 aromatic carbocycles. The summed E-state index contributed by atoms with van der Waals surface area (Å²) in [5.41, 5.74) is 1.73. The predicted octanol–water partition coefficient (Wildman–Crippen LogP) is 3.34. The summed E-state index contributed by atoms with van der Waals surface area (Å²) >= 11 is 12.1. The van der Waals surface area contributed by atoms with Crippen molar-refractivity contribution in [3.63, 3.8) is 0 Å². The summed E-state index contributed by atoms with van der Waals surface area (Å²) in [6.07, 6.45) is 1.47. The molecule has 0 saturated carbocycles. The van der Waals surface area contributed by atoms with Crippen LogP contribution in [0.15, 0.2) is 47.9 Å². The molecule has 2 N–H and O–H groups in total. The van der Waals surface area contributed by atoms with Crippen molar-refractivity contribution in [3.8, 4) is 0 Å². The van der Waals surface area contributed by atoms with Crippen molar-refractivity contribution in [1.82, 2.24) is 5.32 Å². The molecule has 142 valence electrons. The van der Waals surface area contributed by atoms with Crippen LogP contribution in [0.2, 0.25) is 10.0 Å². The Bertz CT molecular complexity index is 976. The highest BCUT2D eigenvalue weighted by molar-refractivity contribution is 7.95. The van der Waals surface area contributed by atoms with Crippen LogP contribution in [0.5, 0.6) is 0 Å². The molecule has 6 nitrogen and oxygen atoms in total. The van der Waals surface area contributed by atoms with E-state index >= 15 is 0 Å². The molecule has 1 aliphatic rings. The normalized spacial score (nSPS) is 15.0. The van der Waals surface area contributed by atoms with Gasteiger partial charge in [-0.2, -0.15) is 0 Å². The fourth-order valence-corrected chi connectivity index (χ4v) is 3.90. The first-order valence-electron chi connectivity index (χ1n) is 8.10. The lowest BCUT2D eigenvalue weighted by atomic mass is 10.2. The number of benzene rings is 2. The number of halogens is 2. The molecule has 27 heavy (non-hydrogen) atoms. The number of carbonyl (C=O) groups excluding carboxylic acids is 1. The summed E-state index contributed by atoms with van der Waals surface area (Å²) in [4.78, 5) is 13.4. The maximum Gasteiger partial charge on any atom is 0.255 e. The highest BCUT2D eigenvalue weighted by Gasteiger charge is 2.19. The highest BCUT2D eigenvalue weighted by Crippen LogP contribution is 2.29. The van der Waals surface area contributed by atoms with Gasteiger partial charge in [0.25, 0.3) is 10.0 Å². The number of hydrogen-bond donors (Lipinski definition) is 2. The van der Waals surface area contributed by atoms with Gasteiger partial charge in [0.1, 0.15) is 0 Å². The first-order chi connectivity index (χ1) is 12.8. The van der Waals surface area contributed by atoms with Crippen LogP contribution in [-0.2, 0) is 14.8 Å². The molecule has 0 spiro atoms. The minimum atomic E-state index is -3.71. The Labute approximate surface area is 167 Å². The van der Waals surface area contributed by atoms with E-state index in [4.69, 9.17) is 23.2 Å². The minimum absolute atomic E-state index is 0.0746. The van der Waals surface area contributed by atoms with Crippen LogP contribution in [0.3, 0.4) is 0 Å². The van der Waals surface area contributed by atoms with Gasteiger partial charge in [0, 0.05) is 18.1 Å². The van der Waals surface area contributed by atoms with Gasteiger partial charge >= 0.3 is 0 Å². The molecule has 1 saturated heterocycles. The monoisotopic (exact) mass is 425 g/mol. The zero-order chi connectivity index (χ0) is 19.4. The molecular formula is C18H17Cl2N3O3S. The number of sulfonamides is 1. The third-order valence-corrected chi connectivity index (χ3v) is 5.47. The van der Waals surface area contributed by atoms with Crippen molar-refractivity contribution in [2.24, 2.45) is 0 Å². The second-order valence-electron chi connectivity index (χ2n) is 5.94. The van der Waals surface area contributed by atoms with Gasteiger partial charge < -0.3 is 10.2 Å². The van der Waals surface area contributed by atoms with Gasteiger partial charge in [-0.1, -0.05) is 35.3 Å². The van der Waals surface area contributed by atoms with Crippen molar-refractivity contribution in [2.75, 3.05) is 29.3 Å². The second kappa shape index (κ2) is 8.21. The highest BCUT2D eigenvalue weighted by atomic mass is 35.5. The Morgan fingerprint density at radius 1 is 1.11 bits per heavy atom. The standard InChI is InChI=1S/C18H17Cl2N3O3S/c19-14-3-1-13(2-4-14)7-10-27(25,26)22-15-5-6-17(16(20)11-15)23-9-8-21-18(24)12-23/h1-7,10-11,22H,8-9,12H2,(H,21,24)/b10-7+. The van der Waals surface area contributed by atoms with Crippen LogP contribution >= 0.6 is 23.2 Å². The van der Waals surface area contributed by atoms with Crippen LogP contribution in [0.1, 0.15) is 5.56 Å². The molecular weight excluding hydrogens is 409 g/mol. The van der Waals surface area contributed by atoms with Crippen molar-refractivity contribution >= 4 is 56.6 Å². The molecule has 0 radical (unpaired) electrons. The SMILES string of the molecule is O=C1CN(c2ccc(NS(=O)(=O)/C=C/c3ccc(Cl)cc3)cc2Cl)CCN1. The minimum Gasteiger partial charge on any atom is -0.359 e. The van der Waals surface area contributed by atoms with Crippen LogP contribution in [0, 0.1) is 0 Å². The summed E-state index contributed by atoms with van der Waals surface area (Å²) in [7, 11) is -3.71. The number of piperazine rings is 1. The molecule has 1 fully saturated rings. The largest absolute Gasteiger partial charge is 0.359 e. The molecule has 2 aromatic rings. The first kappa shape index (κ1) is 19.5. The van der Waals surface area contributed by atoms with Gasteiger partial charge in [-0.25, -0.2) is 8.42 Å². The zero-order valence-electron chi connectivity index (χ0n) is 14.2. The average molecular weight is 426 g/mol. The Morgan fingerprint density at radius 3 is 2.52 bits per heavy atom. The smallest absolute Gasteiger partial charge is 0.255 e. The van der Waals surface area contributed by atoms with Gasteiger partial charge in [-0.3, -0.25) is 9.52 Å². The lowest BCUT2D eigenvalue weighted by Gasteiger charge is -2.29. The predicted molar refractivity (Wildman–Crippen MR) is 110 cm³/mol. The number of anilines is 2. The van der Waals surface area contributed by atoms with Crippen LogP contribution in [0.4, 0.5) is 11.4 Å². The van der Waals surface area contributed by atoms with Gasteiger partial charge in [0.05, 0.1) is 28.4 Å². The number of nitrogens with zero attached hydrogens (tertiary/aromatic N) is 1. The summed E-state index contributed by atoms with van der Waals surface area (Å²) in [5, 5.41) is 4.77. The van der Waals surface area contributed by atoms with E-state index in [1.54, 1.807) is 36.4 Å². The summed E-state index contributed by atoms with van der Waals surface area (Å²) in [6.45, 7) is 1.40. The Kier molecular flexibility index (Phi) is 5.94. The molecule has 0 aliphatic carbocycles. The molecule has 1 amide bonds. The van der Waals surface area contributed by atoms with Gasteiger partial charge in [-0.15, -0.1) is 0 Å². The number of nitrogens with one attached hydrogen (secondary N) is 2. The quantitative estimate of drug-likeness (QED) is 0.769. The van der Waals surface area contributed by atoms with Crippen molar-refractivity contribution < 1.29 is 13.2 Å². The maximum absolute atomic E-state index is 12.3. The number of amides is 1. The van der Waals surface area contributed by atoms with Crippen molar-refractivity contribution in [1.29, 1.82) is 0 Å². The lowest BCUT2D eigenvalue weighted by Crippen LogP contribution is -2.47. The van der Waals surface area contributed by atoms with E-state index in [0.717, 1.165) is 5.41 Å². The molecule has 0 atom stereocenters. The van der Waals surface area contributed by atoms with Crippen LogP contribution < -0.4 is 14.9 Å². The maximum atomic E-state index is 12.3. The third kappa shape index (κ3) is 5.38. The molecule has 1 heterocycles. The van der Waals surface area contributed by atoms with E-state index in [2.05, 4.69) is 10.0 Å². The Morgan fingerprint density at radius 2 is 1.85 bits per heavy atom. The van der Waals surface area contributed by atoms with E-state index < -0.39 is 10.0 Å². The topological polar surface area (TPSA) is 78.5 Å². The summed E-state index contributed by atoms with van der Waals surface area (Å²) in [6, 6.07) is 11.6. The van der Waals surface area contributed by atoms with Crippen LogP contribution in [0.25, 0.3) is 6.08 Å². The molecule has 9 heteroatoms. The van der Waals surface area contributed by atoms with Gasteiger partial charge in [0.15, 0.2) is 0 Å². The summed E-state index contributed by atoms with van der Waals surface area (Å²) in [5.74, 6) is -0.0746. The van der Waals surface area contributed by atoms with Gasteiger partial charge in [-0.05, 0) is 42.0 Å². The lowest BCUT2D eigenvalue weighted by molar-refractivity contribution is -0.120. The number of hydrogen-bond acceptors (Lipinski definition) is 4. The molecule has 1 aliphatic heterocycles. The Balaban J connectivity index is 1.72. The third-order valence-electron chi connectivity index (χ3n) is 3.90. The fourth-order valence-electron chi connectivity index (χ4n) is 2.61. The fraction of sp³-hybridized carbons (Fsp3) is 0.167. The average Bonchev–Trinajstić information content (AvgIpc) is 2.61. The number of carbonyl (C=O) groups is 1. The molecule has 0 bridgehead atoms. The van der Waals surface area contributed by atoms with E-state index in [1.807, 2.05) is 4.90 Å². The van der Waals surface area contributed by atoms with E-state index in [-0.39, 0.29) is 12.5 Å². The second-order valence-corrected chi connectivity index (χ2v) is 8.35. The Hall–Kier alpha value is -2.22. The van der Waals surface area contributed by atoms with Crippen LogP contribution in [-0.4, -0.2) is 34.0 Å². The van der Waals surface area contributed by atoms with Crippen molar-refractivity contribution in [3.05, 3.63) is 63.5 Å². The zero-order valence-corrected chi connectivity index (χ0v) is 16.5. The van der Waals surface area contributed by atoms with Gasteiger partial charge in [0.2, 0.25) is 5.91 Å². The molecule has 0 unspecified atom stereocenters. The first-order valence-corrected chi connectivity index (χ1v) is 10.4. The van der Waals surface area contributed by atoms with E-state index in [0.29, 0.717) is 40.1 Å².